The van der Waals surface area contributed by atoms with Crippen LogP contribution in [-0.2, 0) is 5.66 Å². The van der Waals surface area contributed by atoms with E-state index in [9.17, 15) is 0 Å². The largest absolute Gasteiger partial charge is 0.396 e. The van der Waals surface area contributed by atoms with Crippen molar-refractivity contribution in [3.8, 4) is 0 Å². The van der Waals surface area contributed by atoms with Crippen molar-refractivity contribution in [2.24, 2.45) is 4.99 Å². The molecule has 2 unspecified atom stereocenters. The number of nitrogens with zero attached hydrogens (tertiary/aromatic N) is 1. The normalized spacial score (nSPS) is 23.1. The summed E-state index contributed by atoms with van der Waals surface area (Å²) in [5.74, 6) is 0. The van der Waals surface area contributed by atoms with Gasteiger partial charge in [0.15, 0.2) is 5.66 Å². The van der Waals surface area contributed by atoms with E-state index in [4.69, 9.17) is 5.11 Å². The molecule has 20 heavy (non-hydrogen) atoms. The lowest BCUT2D eigenvalue weighted by atomic mass is 9.97. The number of rotatable bonds is 5. The molecule has 0 amide bonds. The van der Waals surface area contributed by atoms with E-state index in [1.54, 1.807) is 0 Å². The number of benzene rings is 1. The third kappa shape index (κ3) is 3.08. The standard InChI is InChI=1S/C16H23N3O/c1-12(17-3)14-4-6-15(7-5-14)16(2)18-10-13(8-9-20)11-19-16/h4-7,10-12,17-18,20H,8-9H2,1-3H3. The predicted molar refractivity (Wildman–Crippen MR) is 82.7 cm³/mol. The Hall–Kier alpha value is -1.65. The first-order chi connectivity index (χ1) is 9.59. The summed E-state index contributed by atoms with van der Waals surface area (Å²) in [6.45, 7) is 4.33. The molecule has 2 rings (SSSR count). The Labute approximate surface area is 120 Å². The zero-order valence-corrected chi connectivity index (χ0v) is 12.4. The minimum absolute atomic E-state index is 0.146. The van der Waals surface area contributed by atoms with E-state index < -0.39 is 5.66 Å². The van der Waals surface area contributed by atoms with Gasteiger partial charge >= 0.3 is 0 Å². The zero-order chi connectivity index (χ0) is 14.6. The first kappa shape index (κ1) is 14.8. The van der Waals surface area contributed by atoms with Crippen molar-refractivity contribution in [2.45, 2.75) is 32.0 Å². The molecule has 3 N–H and O–H groups in total. The van der Waals surface area contributed by atoms with Crippen LogP contribution in [0.2, 0.25) is 0 Å². The quantitative estimate of drug-likeness (QED) is 0.770. The van der Waals surface area contributed by atoms with Crippen LogP contribution in [0.1, 0.15) is 37.4 Å². The molecule has 0 radical (unpaired) electrons. The van der Waals surface area contributed by atoms with E-state index >= 15 is 0 Å². The third-order valence-corrected chi connectivity index (χ3v) is 3.83. The van der Waals surface area contributed by atoms with Crippen LogP contribution in [0, 0.1) is 0 Å². The molecule has 2 atom stereocenters. The summed E-state index contributed by atoms with van der Waals surface area (Å²) in [5.41, 5.74) is 2.97. The van der Waals surface area contributed by atoms with Crippen LogP contribution >= 0.6 is 0 Å². The molecule has 1 aromatic rings. The topological polar surface area (TPSA) is 56.7 Å². The maximum atomic E-state index is 8.94. The summed E-state index contributed by atoms with van der Waals surface area (Å²) in [7, 11) is 1.96. The van der Waals surface area contributed by atoms with Gasteiger partial charge in [0.05, 0.1) is 0 Å². The fraction of sp³-hybridized carbons (Fsp3) is 0.438. The Morgan fingerprint density at radius 2 is 2.05 bits per heavy atom. The minimum Gasteiger partial charge on any atom is -0.396 e. The van der Waals surface area contributed by atoms with E-state index in [1.807, 2.05) is 26.4 Å². The van der Waals surface area contributed by atoms with Crippen LogP contribution < -0.4 is 10.6 Å². The molecule has 1 heterocycles. The minimum atomic E-state index is -0.430. The van der Waals surface area contributed by atoms with Crippen molar-refractivity contribution in [1.29, 1.82) is 0 Å². The van der Waals surface area contributed by atoms with Crippen LogP contribution in [-0.4, -0.2) is 25.0 Å². The average Bonchev–Trinajstić information content (AvgIpc) is 2.49. The van der Waals surface area contributed by atoms with Crippen molar-refractivity contribution in [3.05, 3.63) is 47.2 Å². The molecule has 0 saturated heterocycles. The van der Waals surface area contributed by atoms with Crippen molar-refractivity contribution >= 4 is 6.21 Å². The van der Waals surface area contributed by atoms with E-state index in [0.29, 0.717) is 12.5 Å². The molecule has 4 nitrogen and oxygen atoms in total. The average molecular weight is 273 g/mol. The van der Waals surface area contributed by atoms with Crippen LogP contribution in [0.4, 0.5) is 0 Å². The highest BCUT2D eigenvalue weighted by Gasteiger charge is 2.25. The Bertz CT molecular complexity index is 507. The van der Waals surface area contributed by atoms with Crippen molar-refractivity contribution in [2.75, 3.05) is 13.7 Å². The van der Waals surface area contributed by atoms with Crippen LogP contribution in [0.15, 0.2) is 41.0 Å². The van der Waals surface area contributed by atoms with Gasteiger partial charge in [0.2, 0.25) is 0 Å². The summed E-state index contributed by atoms with van der Waals surface area (Å²) in [4.78, 5) is 4.60. The lowest BCUT2D eigenvalue weighted by Gasteiger charge is -2.30. The maximum Gasteiger partial charge on any atom is 0.152 e. The summed E-state index contributed by atoms with van der Waals surface area (Å²) in [6, 6.07) is 8.82. The molecule has 0 bridgehead atoms. The number of aliphatic hydroxyl groups excluding tert-OH is 1. The molecule has 0 aliphatic carbocycles. The molecule has 1 aromatic carbocycles. The second kappa shape index (κ2) is 6.20. The molecule has 1 aliphatic heterocycles. The molecule has 4 heteroatoms. The van der Waals surface area contributed by atoms with Gasteiger partial charge in [0, 0.05) is 25.1 Å². The first-order valence-electron chi connectivity index (χ1n) is 6.99. The SMILES string of the molecule is CNC(C)c1ccc(C2(C)N=CC(CCO)=CN2)cc1. The van der Waals surface area contributed by atoms with Gasteiger partial charge in [-0.05, 0) is 44.0 Å². The van der Waals surface area contributed by atoms with E-state index in [-0.39, 0.29) is 6.61 Å². The van der Waals surface area contributed by atoms with Crippen molar-refractivity contribution in [1.82, 2.24) is 10.6 Å². The molecule has 108 valence electrons. The van der Waals surface area contributed by atoms with Gasteiger partial charge in [0.25, 0.3) is 0 Å². The highest BCUT2D eigenvalue weighted by molar-refractivity contribution is 5.79. The Morgan fingerprint density at radius 3 is 2.55 bits per heavy atom. The molecule has 0 aromatic heterocycles. The van der Waals surface area contributed by atoms with Gasteiger partial charge in [-0.2, -0.15) is 0 Å². The highest BCUT2D eigenvalue weighted by atomic mass is 16.2. The number of hydrogen-bond donors (Lipinski definition) is 3. The lowest BCUT2D eigenvalue weighted by Crippen LogP contribution is -2.36. The van der Waals surface area contributed by atoms with E-state index in [1.165, 1.54) is 5.56 Å². The zero-order valence-electron chi connectivity index (χ0n) is 12.4. The van der Waals surface area contributed by atoms with E-state index in [0.717, 1.165) is 11.1 Å². The molecular formula is C16H23N3O. The third-order valence-electron chi connectivity index (χ3n) is 3.83. The predicted octanol–water partition coefficient (Wildman–Crippen LogP) is 2.08. The van der Waals surface area contributed by atoms with Crippen LogP contribution in [0.5, 0.6) is 0 Å². The Morgan fingerprint density at radius 1 is 1.35 bits per heavy atom. The smallest absolute Gasteiger partial charge is 0.152 e. The van der Waals surface area contributed by atoms with Crippen LogP contribution in [0.3, 0.4) is 0 Å². The second-order valence-electron chi connectivity index (χ2n) is 5.30. The van der Waals surface area contributed by atoms with Gasteiger partial charge in [0.1, 0.15) is 0 Å². The lowest BCUT2D eigenvalue weighted by molar-refractivity contribution is 0.300. The van der Waals surface area contributed by atoms with Crippen molar-refractivity contribution < 1.29 is 5.11 Å². The van der Waals surface area contributed by atoms with Crippen LogP contribution in [0.25, 0.3) is 0 Å². The molecule has 1 aliphatic rings. The molecular weight excluding hydrogens is 250 g/mol. The number of aliphatic hydroxyl groups is 1. The van der Waals surface area contributed by atoms with Gasteiger partial charge in [-0.1, -0.05) is 24.3 Å². The fourth-order valence-corrected chi connectivity index (χ4v) is 2.21. The Balaban J connectivity index is 2.14. The van der Waals surface area contributed by atoms with E-state index in [2.05, 4.69) is 46.8 Å². The molecule has 0 saturated carbocycles. The monoisotopic (exact) mass is 273 g/mol. The van der Waals surface area contributed by atoms with Gasteiger partial charge in [-0.15, -0.1) is 0 Å². The summed E-state index contributed by atoms with van der Waals surface area (Å²) >= 11 is 0. The fourth-order valence-electron chi connectivity index (χ4n) is 2.21. The second-order valence-corrected chi connectivity index (χ2v) is 5.30. The van der Waals surface area contributed by atoms with Gasteiger partial charge in [-0.25, -0.2) is 0 Å². The highest BCUT2D eigenvalue weighted by Crippen LogP contribution is 2.26. The summed E-state index contributed by atoms with van der Waals surface area (Å²) < 4.78 is 0. The molecule has 0 spiro atoms. The number of nitrogens with one attached hydrogen (secondary N) is 2. The van der Waals surface area contributed by atoms with Gasteiger partial charge < -0.3 is 15.7 Å². The number of aliphatic imine (C=N–C) groups is 1. The summed E-state index contributed by atoms with van der Waals surface area (Å²) in [5, 5.41) is 15.5. The Kier molecular flexibility index (Phi) is 4.57. The van der Waals surface area contributed by atoms with Gasteiger partial charge in [-0.3, -0.25) is 4.99 Å². The van der Waals surface area contributed by atoms with Crippen molar-refractivity contribution in [3.63, 3.8) is 0 Å². The molecule has 0 fully saturated rings. The maximum absolute atomic E-state index is 8.94. The number of hydrogen-bond acceptors (Lipinski definition) is 4. The summed E-state index contributed by atoms with van der Waals surface area (Å²) in [6.07, 6.45) is 4.41. The first-order valence-corrected chi connectivity index (χ1v) is 6.99.